The Morgan fingerprint density at radius 2 is 1.33 bits per heavy atom. The van der Waals surface area contributed by atoms with E-state index >= 15 is 4.39 Å². The number of primary amides is 1. The lowest BCUT2D eigenvalue weighted by atomic mass is 9.82. The van der Waals surface area contributed by atoms with Crippen LogP contribution < -0.4 is 43.0 Å². The molecule has 4 atom stereocenters. The van der Waals surface area contributed by atoms with Crippen molar-refractivity contribution in [2.45, 2.75) is 84.1 Å². The highest BCUT2D eigenvalue weighted by Gasteiger charge is 2.39. The summed E-state index contributed by atoms with van der Waals surface area (Å²) in [6, 6.07) is 7.56. The van der Waals surface area contributed by atoms with E-state index in [2.05, 4.69) is 37.2 Å². The lowest BCUT2D eigenvalue weighted by molar-refractivity contribution is -0.141. The molecule has 27 heteroatoms. The first-order valence-electron chi connectivity index (χ1n) is 24.4. The molecule has 0 fully saturated rings. The minimum Gasteiger partial charge on any atom is -0.481 e. The van der Waals surface area contributed by atoms with Crippen LogP contribution in [0.25, 0.3) is 11.1 Å². The van der Waals surface area contributed by atoms with E-state index < -0.39 is 177 Å². The molecule has 78 heavy (non-hydrogen) atoms. The van der Waals surface area contributed by atoms with Crippen LogP contribution in [0.15, 0.2) is 72.9 Å². The second-order valence-corrected chi connectivity index (χ2v) is 19.0. The molecule has 2 aromatic carbocycles. The summed E-state index contributed by atoms with van der Waals surface area (Å²) in [7, 11) is 0. The molecule has 11 amide bonds. The number of carbonyl (C=O) groups excluding carboxylic acids is 11. The van der Waals surface area contributed by atoms with Crippen LogP contribution in [0, 0.1) is 17.0 Å². The van der Waals surface area contributed by atoms with Crippen molar-refractivity contribution in [3.63, 3.8) is 0 Å². The average Bonchev–Trinajstić information content (AvgIpc) is 3.92. The molecule has 11 N–H and O–H groups in total. The molecule has 4 rings (SSSR count). The van der Waals surface area contributed by atoms with Crippen molar-refractivity contribution >= 4 is 70.9 Å². The number of carbonyl (C=O) groups is 12. The van der Waals surface area contributed by atoms with Gasteiger partial charge in [0.1, 0.15) is 42.9 Å². The van der Waals surface area contributed by atoms with Crippen molar-refractivity contribution in [1.29, 1.82) is 0 Å². The quantitative estimate of drug-likeness (QED) is 0.0276. The number of benzene rings is 2. The van der Waals surface area contributed by atoms with Crippen molar-refractivity contribution in [2.75, 3.05) is 45.9 Å². The minimum absolute atomic E-state index is 0.0948. The van der Waals surface area contributed by atoms with Gasteiger partial charge in [-0.2, -0.15) is 0 Å². The Labute approximate surface area is 446 Å². The number of nitrogens with zero attached hydrogens (tertiary/aromatic N) is 3. The number of aliphatic hydroxyl groups is 1. The Kier molecular flexibility index (Phi) is 22.8. The third-order valence-corrected chi connectivity index (χ3v) is 11.7. The third-order valence-electron chi connectivity index (χ3n) is 11.7. The first-order valence-corrected chi connectivity index (χ1v) is 24.4. The normalized spacial score (nSPS) is 13.6. The van der Waals surface area contributed by atoms with E-state index in [4.69, 9.17) is 5.73 Å². The van der Waals surface area contributed by atoms with Gasteiger partial charge in [-0.3, -0.25) is 62.4 Å². The molecule has 0 saturated heterocycles. The predicted octanol–water partition coefficient (Wildman–Crippen LogP) is -1.62. The van der Waals surface area contributed by atoms with Crippen LogP contribution in [0.2, 0.25) is 0 Å². The minimum atomic E-state index is -1.77. The van der Waals surface area contributed by atoms with Crippen LogP contribution in [0.1, 0.15) is 70.7 Å². The zero-order chi connectivity index (χ0) is 57.9. The van der Waals surface area contributed by atoms with E-state index in [-0.39, 0.29) is 24.2 Å². The van der Waals surface area contributed by atoms with E-state index in [0.29, 0.717) is 10.6 Å². The van der Waals surface area contributed by atoms with Gasteiger partial charge in [0, 0.05) is 74.7 Å². The molecule has 1 aliphatic heterocycles. The van der Waals surface area contributed by atoms with Crippen molar-refractivity contribution in [2.24, 2.45) is 11.1 Å². The predicted molar refractivity (Wildman–Crippen MR) is 271 cm³/mol. The summed E-state index contributed by atoms with van der Waals surface area (Å²) in [6.45, 7) is 2.32. The molecule has 25 nitrogen and oxygen atoms in total. The fourth-order valence-electron chi connectivity index (χ4n) is 8.14. The first-order chi connectivity index (χ1) is 36.8. The molecule has 1 aliphatic rings. The van der Waals surface area contributed by atoms with E-state index in [0.717, 1.165) is 42.8 Å². The average molecular weight is 1090 g/mol. The zero-order valence-electron chi connectivity index (χ0n) is 43.2. The summed E-state index contributed by atoms with van der Waals surface area (Å²) >= 11 is 0. The van der Waals surface area contributed by atoms with Crippen LogP contribution in [0.4, 0.5) is 8.78 Å². The van der Waals surface area contributed by atoms with Gasteiger partial charge in [0.05, 0.1) is 25.6 Å². The van der Waals surface area contributed by atoms with Gasteiger partial charge < -0.3 is 62.6 Å². The number of carboxylic acids is 1. The van der Waals surface area contributed by atoms with Crippen LogP contribution in [0.5, 0.6) is 0 Å². The Hall–Kier alpha value is -8.88. The van der Waals surface area contributed by atoms with E-state index in [9.17, 15) is 72.1 Å². The summed E-state index contributed by atoms with van der Waals surface area (Å²) in [5, 5.41) is 36.1. The van der Waals surface area contributed by atoms with Gasteiger partial charge in [0.2, 0.25) is 53.2 Å². The maximum absolute atomic E-state index is 15.4. The fraction of sp³-hybridized carbons (Fsp3) is 0.412. The largest absolute Gasteiger partial charge is 0.481 e. The lowest BCUT2D eigenvalue weighted by Crippen LogP contribution is -2.57. The smallest absolute Gasteiger partial charge is 0.303 e. The van der Waals surface area contributed by atoms with Crippen molar-refractivity contribution in [3.05, 3.63) is 95.8 Å². The highest BCUT2D eigenvalue weighted by atomic mass is 19.1. The Balaban J connectivity index is 1.66. The molecule has 2 heterocycles. The molecule has 4 unspecified atom stereocenters. The number of nitrogens with one attached hydrogen (secondary N) is 7. The number of nitrogens with two attached hydrogens (primary N) is 1. The Morgan fingerprint density at radius 3 is 1.91 bits per heavy atom. The van der Waals surface area contributed by atoms with Crippen LogP contribution in [-0.2, 0) is 64.1 Å². The lowest BCUT2D eigenvalue weighted by Gasteiger charge is -2.41. The number of rotatable bonds is 29. The highest BCUT2D eigenvalue weighted by Crippen LogP contribution is 2.41. The molecule has 0 radical (unpaired) electrons. The standard InChI is InChI=1S/C51H63F2N11O14/c1-29(66)57-23-40(68)58-24-41(69)60-37(22-39(54)67)50(78)61-36(49(77)56-18-17-55-48(76)35(12-15-46(74)75)59-42(70)27-64-43(71)13-14-44(64)72)16-19-63(45(73)28-65)47(51(2,3)4)38-20-31(33-21-32(52)10-11-34(33)53)26-62(38)25-30-8-6-5-7-9-30/h5-11,13-14,20-21,26,35-37,47,65H,12,15-19,22-25,27-28H2,1-4H3,(H2,54,67)(H,55,76)(H,56,77)(H,57,66)(H,58,68)(H,59,70)(H,60,69)(H,61,78)(H,74,75). The fourth-order valence-corrected chi connectivity index (χ4v) is 8.14. The van der Waals surface area contributed by atoms with Gasteiger partial charge in [-0.05, 0) is 48.1 Å². The van der Waals surface area contributed by atoms with Gasteiger partial charge in [0.25, 0.3) is 11.8 Å². The molecule has 0 aliphatic carbocycles. The molecule has 420 valence electrons. The molecular formula is C51H63F2N11O14. The summed E-state index contributed by atoms with van der Waals surface area (Å²) < 4.78 is 31.7. The highest BCUT2D eigenvalue weighted by molar-refractivity contribution is 6.14. The van der Waals surface area contributed by atoms with Crippen LogP contribution in [0.3, 0.4) is 0 Å². The maximum Gasteiger partial charge on any atom is 0.303 e. The van der Waals surface area contributed by atoms with Crippen LogP contribution >= 0.6 is 0 Å². The molecular weight excluding hydrogens is 1030 g/mol. The zero-order valence-corrected chi connectivity index (χ0v) is 43.2. The maximum atomic E-state index is 15.4. The molecule has 0 spiro atoms. The molecule has 3 aromatic rings. The van der Waals surface area contributed by atoms with E-state index in [1.54, 1.807) is 55.8 Å². The number of hydrogen-bond donors (Lipinski definition) is 10. The first kappa shape index (κ1) is 61.7. The summed E-state index contributed by atoms with van der Waals surface area (Å²) in [5.41, 5.74) is 5.79. The number of aromatic nitrogens is 1. The number of imide groups is 1. The van der Waals surface area contributed by atoms with E-state index in [1.807, 2.05) is 12.1 Å². The summed E-state index contributed by atoms with van der Waals surface area (Å²) in [4.78, 5) is 154. The summed E-state index contributed by atoms with van der Waals surface area (Å²) in [5.74, 6) is -12.7. The second-order valence-electron chi connectivity index (χ2n) is 19.0. The van der Waals surface area contributed by atoms with Crippen molar-refractivity contribution < 1.29 is 76.5 Å². The number of amides is 11. The van der Waals surface area contributed by atoms with Crippen LogP contribution in [-0.4, -0.2) is 160 Å². The van der Waals surface area contributed by atoms with E-state index in [1.165, 1.54) is 4.90 Å². The number of aliphatic carboxylic acids is 1. The van der Waals surface area contributed by atoms with Crippen molar-refractivity contribution in [3.8, 4) is 11.1 Å². The second kappa shape index (κ2) is 28.9. The SMILES string of the molecule is CC(=O)NCC(=O)NCC(=O)NC(CC(N)=O)C(=O)NC(CCN(C(=O)CO)C(c1cc(-c2cc(F)ccc2F)cn1Cc1ccccc1)C(C)(C)C)C(=O)NCCNC(=O)C(CCC(=O)O)NC(=O)CN1C(=O)C=CC1=O. The Morgan fingerprint density at radius 1 is 0.731 bits per heavy atom. The van der Waals surface area contributed by atoms with Crippen molar-refractivity contribution in [1.82, 2.24) is 51.6 Å². The molecule has 0 saturated carbocycles. The molecule has 0 bridgehead atoms. The van der Waals surface area contributed by atoms with Gasteiger partial charge in [-0.15, -0.1) is 0 Å². The monoisotopic (exact) mass is 1090 g/mol. The molecule has 1 aromatic heterocycles. The topological polar surface area (TPSA) is 367 Å². The third kappa shape index (κ3) is 19.0. The number of hydrogen-bond acceptors (Lipinski definition) is 13. The number of carboxylic acid groups (broad SMARTS) is 1. The van der Waals surface area contributed by atoms with Gasteiger partial charge >= 0.3 is 5.97 Å². The number of aliphatic hydroxyl groups excluding tert-OH is 1. The Bertz CT molecular complexity index is 2760. The van der Waals surface area contributed by atoms with Gasteiger partial charge in [-0.25, -0.2) is 8.78 Å². The summed E-state index contributed by atoms with van der Waals surface area (Å²) in [6.07, 6.45) is 1.13. The van der Waals surface area contributed by atoms with Gasteiger partial charge in [-0.1, -0.05) is 51.1 Å². The number of halogens is 2. The van der Waals surface area contributed by atoms with Gasteiger partial charge in [0.15, 0.2) is 0 Å².